The molecular weight excluding hydrogens is 775 g/mol. The monoisotopic (exact) mass is 815 g/mol. The highest BCUT2D eigenvalue weighted by Gasteiger charge is 2.31. The van der Waals surface area contributed by atoms with E-state index in [9.17, 15) is 0 Å². The first-order valence-corrected chi connectivity index (χ1v) is 21.9. The van der Waals surface area contributed by atoms with Crippen LogP contribution in [-0.4, -0.2) is 9.55 Å². The van der Waals surface area contributed by atoms with Gasteiger partial charge in [-0.25, -0.2) is 4.98 Å². The molecule has 3 heterocycles. The average Bonchev–Trinajstić information content (AvgIpc) is 3.66. The van der Waals surface area contributed by atoms with Crippen LogP contribution in [0.5, 0.6) is 0 Å². The highest BCUT2D eigenvalue weighted by atomic mass is 15.2. The van der Waals surface area contributed by atoms with E-state index in [1.54, 1.807) is 0 Å². The van der Waals surface area contributed by atoms with E-state index in [2.05, 4.69) is 258 Å². The van der Waals surface area contributed by atoms with Gasteiger partial charge < -0.3 is 9.47 Å². The smallest absolute Gasteiger partial charge is 0.0715 e. The molecule has 300 valence electrons. The summed E-state index contributed by atoms with van der Waals surface area (Å²) in [7, 11) is 0. The predicted molar refractivity (Wildman–Crippen MR) is 267 cm³/mol. The van der Waals surface area contributed by atoms with E-state index in [0.29, 0.717) is 0 Å². The molecule has 3 nitrogen and oxygen atoms in total. The Hall–Kier alpha value is -8.53. The number of hydrogen-bond donors (Lipinski definition) is 0. The van der Waals surface area contributed by atoms with Crippen LogP contribution in [0.3, 0.4) is 0 Å². The van der Waals surface area contributed by atoms with Gasteiger partial charge in [0.2, 0.25) is 0 Å². The molecule has 0 spiro atoms. The van der Waals surface area contributed by atoms with Gasteiger partial charge in [-0.1, -0.05) is 188 Å². The van der Waals surface area contributed by atoms with Crippen molar-refractivity contribution in [3.05, 3.63) is 249 Å². The van der Waals surface area contributed by atoms with Crippen molar-refractivity contribution >= 4 is 28.0 Å². The third-order valence-corrected chi connectivity index (χ3v) is 12.5. The van der Waals surface area contributed by atoms with Crippen molar-refractivity contribution in [3.63, 3.8) is 0 Å². The molecule has 0 saturated heterocycles. The third-order valence-electron chi connectivity index (χ3n) is 12.5. The summed E-state index contributed by atoms with van der Waals surface area (Å²) in [5.74, 6) is 0. The van der Waals surface area contributed by atoms with Crippen molar-refractivity contribution in [2.45, 2.75) is 0 Å². The topological polar surface area (TPSA) is 21.1 Å². The molecule has 0 bridgehead atoms. The number of anilines is 3. The fourth-order valence-corrected chi connectivity index (χ4v) is 9.54. The van der Waals surface area contributed by atoms with E-state index < -0.39 is 0 Å². The van der Waals surface area contributed by atoms with Crippen LogP contribution in [0.25, 0.3) is 94.9 Å². The molecule has 0 fully saturated rings. The van der Waals surface area contributed by atoms with Gasteiger partial charge in [-0.15, -0.1) is 0 Å². The largest absolute Gasteiger partial charge is 0.309 e. The zero-order valence-corrected chi connectivity index (χ0v) is 35.0. The Morgan fingerprint density at radius 3 is 1.31 bits per heavy atom. The van der Waals surface area contributed by atoms with E-state index >= 15 is 0 Å². The first-order valence-electron chi connectivity index (χ1n) is 21.9. The second-order valence-corrected chi connectivity index (χ2v) is 16.4. The zero-order valence-electron chi connectivity index (χ0n) is 35.0. The Morgan fingerprint density at radius 2 is 0.734 bits per heavy atom. The third kappa shape index (κ3) is 6.50. The Morgan fingerprint density at radius 1 is 0.297 bits per heavy atom. The molecule has 1 aliphatic heterocycles. The number of aromatic nitrogens is 2. The molecule has 3 heteroatoms. The molecule has 0 amide bonds. The minimum atomic E-state index is 0.934. The predicted octanol–water partition coefficient (Wildman–Crippen LogP) is 16.5. The van der Waals surface area contributed by atoms with Crippen molar-refractivity contribution in [2.24, 2.45) is 0 Å². The van der Waals surface area contributed by atoms with E-state index in [1.807, 2.05) is 0 Å². The summed E-state index contributed by atoms with van der Waals surface area (Å²) >= 11 is 0. The maximum absolute atomic E-state index is 5.25. The van der Waals surface area contributed by atoms with Gasteiger partial charge in [0.25, 0.3) is 0 Å². The summed E-state index contributed by atoms with van der Waals surface area (Å²) in [6, 6.07) is 89.6. The first kappa shape index (κ1) is 37.2. The number of pyridine rings is 1. The number of hydrogen-bond acceptors (Lipinski definition) is 2. The lowest BCUT2D eigenvalue weighted by Gasteiger charge is -2.27. The fourth-order valence-electron chi connectivity index (χ4n) is 9.54. The second-order valence-electron chi connectivity index (χ2n) is 16.4. The van der Waals surface area contributed by atoms with Gasteiger partial charge >= 0.3 is 0 Å². The van der Waals surface area contributed by atoms with Crippen LogP contribution in [-0.2, 0) is 0 Å². The molecule has 0 radical (unpaired) electrons. The summed E-state index contributed by atoms with van der Waals surface area (Å²) in [5.41, 5.74) is 21.4. The maximum atomic E-state index is 5.25. The number of nitrogens with zero attached hydrogens (tertiary/aromatic N) is 3. The summed E-state index contributed by atoms with van der Waals surface area (Å²) in [4.78, 5) is 7.69. The van der Waals surface area contributed by atoms with Crippen LogP contribution in [0.2, 0.25) is 0 Å². The van der Waals surface area contributed by atoms with Crippen molar-refractivity contribution in [1.29, 1.82) is 0 Å². The van der Waals surface area contributed by atoms with Gasteiger partial charge in [0.1, 0.15) is 0 Å². The van der Waals surface area contributed by atoms with E-state index in [1.165, 1.54) is 50.0 Å². The van der Waals surface area contributed by atoms with Gasteiger partial charge in [-0.05, 0) is 94.0 Å². The molecular formula is C61H41N3. The molecule has 2 aromatic heterocycles. The number of rotatable bonds is 7. The Kier molecular flexibility index (Phi) is 9.16. The van der Waals surface area contributed by atoms with Gasteiger partial charge in [0, 0.05) is 44.6 Å². The molecule has 64 heavy (non-hydrogen) atoms. The van der Waals surface area contributed by atoms with Crippen LogP contribution in [0, 0.1) is 0 Å². The fraction of sp³-hybridized carbons (Fsp3) is 0. The van der Waals surface area contributed by atoms with Crippen LogP contribution >= 0.6 is 0 Å². The van der Waals surface area contributed by atoms with E-state index in [4.69, 9.17) is 4.98 Å². The number of para-hydroxylation sites is 3. The lowest BCUT2D eigenvalue weighted by Crippen LogP contribution is -2.11. The lowest BCUT2D eigenvalue weighted by molar-refractivity contribution is 1.14. The Balaban J connectivity index is 1.05. The van der Waals surface area contributed by atoms with Crippen LogP contribution in [0.4, 0.5) is 17.1 Å². The highest BCUT2D eigenvalue weighted by Crippen LogP contribution is 2.54. The minimum absolute atomic E-state index is 0.934. The molecule has 12 rings (SSSR count). The summed E-state index contributed by atoms with van der Waals surface area (Å²) in [6.45, 7) is 0. The molecule has 0 saturated carbocycles. The molecule has 11 aromatic rings. The normalized spacial score (nSPS) is 11.7. The Labute approximate surface area is 373 Å². The highest BCUT2D eigenvalue weighted by molar-refractivity contribution is 6.13. The average molecular weight is 816 g/mol. The zero-order chi connectivity index (χ0) is 42.4. The first-order chi connectivity index (χ1) is 31.7. The molecule has 0 aliphatic carbocycles. The second kappa shape index (κ2) is 15.7. The standard InChI is InChI=1S/C61H41N3/c1-5-19-42(20-6-1)47-37-48(43-21-7-2-8-22-43)39-51(38-47)64-58-31-17-14-28-53(58)60-52-27-13-16-30-57(52)63(59-32-18-15-29-54(59)61(60)64)50-35-33-46(34-36-50)56-41-49(44-23-9-3-10-24-44)40-55(62-56)45-25-11-4-12-26-45/h1-41H. The molecule has 0 N–H and O–H groups in total. The van der Waals surface area contributed by atoms with Crippen LogP contribution in [0.1, 0.15) is 0 Å². The van der Waals surface area contributed by atoms with Crippen molar-refractivity contribution in [1.82, 2.24) is 9.55 Å². The SMILES string of the molecule is c1ccc(-c2cc(-c3ccccc3)cc(-n3c4c(c5ccccc53)-c3ccccc3N(c3ccc(-c5cc(-c6ccccc6)cc(-c6ccccc6)n5)cc3)c3ccccc3-4)c2)cc1. The van der Waals surface area contributed by atoms with Crippen molar-refractivity contribution < 1.29 is 0 Å². The molecule has 0 atom stereocenters. The summed E-state index contributed by atoms with van der Waals surface area (Å²) in [6.07, 6.45) is 0. The Bertz CT molecular complexity index is 3350. The van der Waals surface area contributed by atoms with Crippen LogP contribution < -0.4 is 4.90 Å². The van der Waals surface area contributed by atoms with E-state index in [0.717, 1.165) is 62.0 Å². The van der Waals surface area contributed by atoms with E-state index in [-0.39, 0.29) is 0 Å². The number of benzene rings is 9. The van der Waals surface area contributed by atoms with Gasteiger partial charge in [0.05, 0.1) is 34.0 Å². The van der Waals surface area contributed by atoms with Gasteiger partial charge in [-0.3, -0.25) is 0 Å². The lowest BCUT2D eigenvalue weighted by atomic mass is 9.97. The summed E-state index contributed by atoms with van der Waals surface area (Å²) < 4.78 is 2.50. The van der Waals surface area contributed by atoms with Gasteiger partial charge in [0.15, 0.2) is 0 Å². The molecule has 1 aliphatic rings. The van der Waals surface area contributed by atoms with Crippen LogP contribution in [0.15, 0.2) is 249 Å². The quantitative estimate of drug-likeness (QED) is 0.160. The molecule has 0 unspecified atom stereocenters. The van der Waals surface area contributed by atoms with Gasteiger partial charge in [-0.2, -0.15) is 0 Å². The number of fused-ring (bicyclic) bond motifs is 7. The minimum Gasteiger partial charge on any atom is -0.309 e. The molecule has 9 aromatic carbocycles. The summed E-state index contributed by atoms with van der Waals surface area (Å²) in [5, 5.41) is 1.21. The van der Waals surface area contributed by atoms with Crippen molar-refractivity contribution in [2.75, 3.05) is 4.90 Å². The maximum Gasteiger partial charge on any atom is 0.0715 e. The van der Waals surface area contributed by atoms with Crippen molar-refractivity contribution in [3.8, 4) is 84.0 Å².